The Kier molecular flexibility index (Phi) is 8.06. The molecule has 1 aliphatic rings. The van der Waals surface area contributed by atoms with Gasteiger partial charge in [-0.2, -0.15) is 15.3 Å². The van der Waals surface area contributed by atoms with Crippen molar-refractivity contribution in [3.05, 3.63) is 59.4 Å². The highest BCUT2D eigenvalue weighted by atomic mass is 19.3. The van der Waals surface area contributed by atoms with E-state index in [1.54, 1.807) is 9.36 Å². The van der Waals surface area contributed by atoms with E-state index in [2.05, 4.69) is 44.8 Å². The van der Waals surface area contributed by atoms with Crippen LogP contribution in [0, 0.1) is 18.3 Å². The molecule has 37 heavy (non-hydrogen) atoms. The average molecular weight is 507 g/mol. The Morgan fingerprint density at radius 2 is 2.08 bits per heavy atom. The molecule has 10 heteroatoms. The molecule has 1 aliphatic heterocycles. The SMILES string of the molecule is C=C1/C=C/c2c(OCC#N)nn(CCOF)c2CN(C)CC(C)Oc2c(cnn2C)-c2ccc(C)c1c2. The number of allylic oxidation sites excluding steroid dienone is 2. The van der Waals surface area contributed by atoms with E-state index in [1.165, 1.54) is 0 Å². The van der Waals surface area contributed by atoms with E-state index in [4.69, 9.17) is 14.7 Å². The molecule has 0 fully saturated rings. The first kappa shape index (κ1) is 26.1. The zero-order valence-electron chi connectivity index (χ0n) is 21.6. The zero-order chi connectivity index (χ0) is 26.5. The van der Waals surface area contributed by atoms with Crippen molar-refractivity contribution in [2.45, 2.75) is 33.0 Å². The van der Waals surface area contributed by atoms with Crippen molar-refractivity contribution in [2.75, 3.05) is 26.8 Å². The molecule has 0 amide bonds. The molecule has 0 aliphatic carbocycles. The number of aromatic nitrogens is 4. The van der Waals surface area contributed by atoms with Crippen LogP contribution in [0.3, 0.4) is 0 Å². The number of hydrogen-bond donors (Lipinski definition) is 0. The molecule has 0 radical (unpaired) electrons. The van der Waals surface area contributed by atoms with E-state index in [-0.39, 0.29) is 25.9 Å². The Bertz CT molecular complexity index is 1350. The lowest BCUT2D eigenvalue weighted by Crippen LogP contribution is -2.32. The van der Waals surface area contributed by atoms with Crippen molar-refractivity contribution in [3.8, 4) is 29.0 Å². The van der Waals surface area contributed by atoms with E-state index in [9.17, 15) is 4.53 Å². The second-order valence-corrected chi connectivity index (χ2v) is 9.15. The van der Waals surface area contributed by atoms with Crippen LogP contribution >= 0.6 is 0 Å². The quantitative estimate of drug-likeness (QED) is 0.509. The van der Waals surface area contributed by atoms with Crippen molar-refractivity contribution in [1.82, 2.24) is 24.5 Å². The maximum absolute atomic E-state index is 12.6. The summed E-state index contributed by atoms with van der Waals surface area (Å²) in [4.78, 5) is 5.91. The molecule has 0 N–H and O–H groups in total. The molecule has 9 nitrogen and oxygen atoms in total. The van der Waals surface area contributed by atoms with Gasteiger partial charge in [0, 0.05) is 20.1 Å². The fourth-order valence-electron chi connectivity index (χ4n) is 4.49. The maximum atomic E-state index is 12.6. The minimum Gasteiger partial charge on any atom is -0.473 e. The van der Waals surface area contributed by atoms with Gasteiger partial charge < -0.3 is 9.47 Å². The van der Waals surface area contributed by atoms with Gasteiger partial charge in [0.15, 0.2) is 6.61 Å². The van der Waals surface area contributed by atoms with Crippen LogP contribution in [0.2, 0.25) is 0 Å². The van der Waals surface area contributed by atoms with E-state index < -0.39 is 0 Å². The average Bonchev–Trinajstić information content (AvgIpc) is 3.38. The summed E-state index contributed by atoms with van der Waals surface area (Å²) in [5.41, 5.74) is 6.21. The molecule has 194 valence electrons. The van der Waals surface area contributed by atoms with Crippen LogP contribution in [-0.2, 0) is 25.1 Å². The maximum Gasteiger partial charge on any atom is 0.241 e. The largest absolute Gasteiger partial charge is 0.473 e. The van der Waals surface area contributed by atoms with Gasteiger partial charge >= 0.3 is 0 Å². The van der Waals surface area contributed by atoms with Gasteiger partial charge in [-0.15, -0.1) is 5.10 Å². The zero-order valence-corrected chi connectivity index (χ0v) is 21.6. The van der Waals surface area contributed by atoms with Crippen LogP contribution in [-0.4, -0.2) is 57.4 Å². The van der Waals surface area contributed by atoms with Crippen molar-refractivity contribution in [3.63, 3.8) is 0 Å². The number of nitriles is 1. The standard InChI is InChI=1S/C27H31FN6O3/c1-18-6-8-21-14-23(18)19(2)7-9-22-25(34(11-13-36-28)31-26(22)35-12-10-29)17-32(4)16-20(3)37-27-24(21)15-30-33(27)5/h6-9,14-15,20H,2,11-13,16-17H2,1,3-5H3/b9-7+. The van der Waals surface area contributed by atoms with Gasteiger partial charge in [0.25, 0.3) is 0 Å². The van der Waals surface area contributed by atoms with Gasteiger partial charge in [-0.1, -0.05) is 24.8 Å². The normalized spacial score (nSPS) is 17.1. The molecule has 3 aromatic rings. The Labute approximate surface area is 215 Å². The third-order valence-electron chi connectivity index (χ3n) is 6.25. The first-order valence-corrected chi connectivity index (χ1v) is 12.0. The summed E-state index contributed by atoms with van der Waals surface area (Å²) in [7, 11) is 3.83. The summed E-state index contributed by atoms with van der Waals surface area (Å²) in [5, 5.41) is 18.0. The van der Waals surface area contributed by atoms with E-state index in [0.29, 0.717) is 30.4 Å². The lowest BCUT2D eigenvalue weighted by atomic mass is 9.96. The van der Waals surface area contributed by atoms with Crippen LogP contribution in [0.1, 0.15) is 29.3 Å². The Balaban J connectivity index is 1.85. The number of fused-ring (bicyclic) bond motifs is 5. The smallest absolute Gasteiger partial charge is 0.241 e. The highest BCUT2D eigenvalue weighted by Crippen LogP contribution is 2.34. The molecular formula is C27H31FN6O3. The first-order valence-electron chi connectivity index (χ1n) is 12.0. The number of rotatable bonds is 5. The molecule has 4 rings (SSSR count). The Morgan fingerprint density at radius 1 is 1.27 bits per heavy atom. The molecule has 2 bridgehead atoms. The molecule has 2 aromatic heterocycles. The van der Waals surface area contributed by atoms with Crippen LogP contribution in [0.15, 0.2) is 37.1 Å². The third kappa shape index (κ3) is 5.74. The first-order chi connectivity index (χ1) is 17.8. The fraction of sp³-hybridized carbons (Fsp3) is 0.370. The minimum atomic E-state index is -0.166. The minimum absolute atomic E-state index is 0.161. The van der Waals surface area contributed by atoms with Crippen LogP contribution in [0.25, 0.3) is 22.8 Å². The summed E-state index contributed by atoms with van der Waals surface area (Å²) < 4.78 is 28.0. The summed E-state index contributed by atoms with van der Waals surface area (Å²) in [6, 6.07) is 8.17. The van der Waals surface area contributed by atoms with E-state index >= 15 is 0 Å². The van der Waals surface area contributed by atoms with Crippen molar-refractivity contribution in [1.29, 1.82) is 5.26 Å². The van der Waals surface area contributed by atoms with Gasteiger partial charge in [0.1, 0.15) is 18.8 Å². The molecule has 1 atom stereocenters. The lowest BCUT2D eigenvalue weighted by molar-refractivity contribution is -0.135. The number of hydrogen-bond acceptors (Lipinski definition) is 7. The molecule has 0 spiro atoms. The summed E-state index contributed by atoms with van der Waals surface area (Å²) >= 11 is 0. The van der Waals surface area contributed by atoms with Gasteiger partial charge in [-0.05, 0) is 59.8 Å². The van der Waals surface area contributed by atoms with Crippen molar-refractivity contribution < 1.29 is 18.9 Å². The van der Waals surface area contributed by atoms with Crippen molar-refractivity contribution in [2.24, 2.45) is 7.05 Å². The monoisotopic (exact) mass is 506 g/mol. The number of benzene rings is 1. The molecule has 0 saturated carbocycles. The number of aryl methyl sites for hydroxylation is 2. The molecule has 0 saturated heterocycles. The lowest BCUT2D eigenvalue weighted by Gasteiger charge is -2.23. The third-order valence-corrected chi connectivity index (χ3v) is 6.25. The van der Waals surface area contributed by atoms with Gasteiger partial charge in [0.2, 0.25) is 11.8 Å². The summed E-state index contributed by atoms with van der Waals surface area (Å²) in [6.45, 7) is 9.27. The van der Waals surface area contributed by atoms with Crippen LogP contribution < -0.4 is 9.47 Å². The Hall–Kier alpha value is -3.94. The molecule has 1 unspecified atom stereocenters. The van der Waals surface area contributed by atoms with E-state index in [0.717, 1.165) is 33.5 Å². The predicted molar refractivity (Wildman–Crippen MR) is 138 cm³/mol. The molecular weight excluding hydrogens is 475 g/mol. The van der Waals surface area contributed by atoms with Gasteiger partial charge in [-0.3, -0.25) is 9.58 Å². The number of likely N-dealkylation sites (N-methyl/N-ethyl adjacent to an activating group) is 1. The summed E-state index contributed by atoms with van der Waals surface area (Å²) in [5.74, 6) is 0.982. The van der Waals surface area contributed by atoms with Gasteiger partial charge in [-0.25, -0.2) is 4.68 Å². The number of ether oxygens (including phenoxy) is 2. The second kappa shape index (κ2) is 11.4. The summed E-state index contributed by atoms with van der Waals surface area (Å²) in [6.07, 6.45) is 5.44. The van der Waals surface area contributed by atoms with Gasteiger partial charge in [0.05, 0.1) is 29.6 Å². The van der Waals surface area contributed by atoms with E-state index in [1.807, 2.05) is 52.4 Å². The number of halogens is 1. The number of nitrogens with zero attached hydrogens (tertiary/aromatic N) is 6. The second-order valence-electron chi connectivity index (χ2n) is 9.15. The molecule has 1 aromatic carbocycles. The highest BCUT2D eigenvalue weighted by Gasteiger charge is 2.22. The fourth-order valence-corrected chi connectivity index (χ4v) is 4.49. The van der Waals surface area contributed by atoms with Crippen LogP contribution in [0.5, 0.6) is 11.8 Å². The van der Waals surface area contributed by atoms with Crippen molar-refractivity contribution >= 4 is 11.6 Å². The van der Waals surface area contributed by atoms with Crippen LogP contribution in [0.4, 0.5) is 4.53 Å². The Morgan fingerprint density at radius 3 is 2.84 bits per heavy atom. The molecule has 3 heterocycles. The highest BCUT2D eigenvalue weighted by molar-refractivity contribution is 5.83. The topological polar surface area (TPSA) is 90.4 Å². The predicted octanol–water partition coefficient (Wildman–Crippen LogP) is 4.33.